The maximum atomic E-state index is 12.1. The van der Waals surface area contributed by atoms with Gasteiger partial charge < -0.3 is 16.0 Å². The molecular formula is C15H25N3O. The minimum atomic E-state index is -0.0481. The molecule has 1 amide bonds. The molecule has 0 bridgehead atoms. The van der Waals surface area contributed by atoms with Crippen LogP contribution >= 0.6 is 0 Å². The lowest BCUT2D eigenvalue weighted by atomic mass is 10.1. The topological polar surface area (TPSA) is 58.4 Å². The quantitative estimate of drug-likeness (QED) is 0.776. The van der Waals surface area contributed by atoms with Crippen LogP contribution in [-0.2, 0) is 0 Å². The van der Waals surface area contributed by atoms with Crippen molar-refractivity contribution in [2.75, 3.05) is 24.2 Å². The second kappa shape index (κ2) is 7.02. The standard InChI is InChI=1S/C15H25N3O/c1-5-7-11(3)18(4)14-10-12(16)8-9-13(14)15(19)17-6-2/h8-11H,5-7,16H2,1-4H3,(H,17,19). The zero-order valence-corrected chi connectivity index (χ0v) is 12.4. The van der Waals surface area contributed by atoms with Gasteiger partial charge in [0.25, 0.3) is 5.91 Å². The Morgan fingerprint density at radius 1 is 1.42 bits per heavy atom. The van der Waals surface area contributed by atoms with Gasteiger partial charge in [0.2, 0.25) is 0 Å². The first-order valence-corrected chi connectivity index (χ1v) is 6.91. The zero-order chi connectivity index (χ0) is 14.4. The highest BCUT2D eigenvalue weighted by molar-refractivity contribution is 6.00. The van der Waals surface area contributed by atoms with Crippen molar-refractivity contribution in [3.05, 3.63) is 23.8 Å². The molecular weight excluding hydrogens is 238 g/mol. The van der Waals surface area contributed by atoms with Gasteiger partial charge in [0, 0.05) is 25.3 Å². The zero-order valence-electron chi connectivity index (χ0n) is 12.4. The van der Waals surface area contributed by atoms with E-state index in [1.807, 2.05) is 20.0 Å². The van der Waals surface area contributed by atoms with E-state index in [1.54, 1.807) is 12.1 Å². The van der Waals surface area contributed by atoms with Crippen molar-refractivity contribution in [2.24, 2.45) is 0 Å². The minimum Gasteiger partial charge on any atom is -0.399 e. The van der Waals surface area contributed by atoms with Gasteiger partial charge in [-0.15, -0.1) is 0 Å². The number of rotatable bonds is 6. The van der Waals surface area contributed by atoms with Crippen molar-refractivity contribution in [1.29, 1.82) is 0 Å². The van der Waals surface area contributed by atoms with Crippen molar-refractivity contribution >= 4 is 17.3 Å². The minimum absolute atomic E-state index is 0.0481. The summed E-state index contributed by atoms with van der Waals surface area (Å²) in [4.78, 5) is 14.2. The number of anilines is 2. The van der Waals surface area contributed by atoms with E-state index in [9.17, 15) is 4.79 Å². The smallest absolute Gasteiger partial charge is 0.253 e. The Morgan fingerprint density at radius 3 is 2.68 bits per heavy atom. The molecule has 0 fully saturated rings. The maximum Gasteiger partial charge on any atom is 0.253 e. The summed E-state index contributed by atoms with van der Waals surface area (Å²) < 4.78 is 0. The molecule has 4 heteroatoms. The molecule has 0 radical (unpaired) electrons. The molecule has 0 aliphatic heterocycles. The summed E-state index contributed by atoms with van der Waals surface area (Å²) in [6.45, 7) is 6.86. The number of hydrogen-bond acceptors (Lipinski definition) is 3. The van der Waals surface area contributed by atoms with Gasteiger partial charge in [-0.05, 0) is 38.5 Å². The van der Waals surface area contributed by atoms with Crippen molar-refractivity contribution in [2.45, 2.75) is 39.7 Å². The lowest BCUT2D eigenvalue weighted by Crippen LogP contribution is -2.32. The molecule has 106 valence electrons. The summed E-state index contributed by atoms with van der Waals surface area (Å²) in [5, 5.41) is 2.84. The van der Waals surface area contributed by atoms with Gasteiger partial charge in [-0.1, -0.05) is 13.3 Å². The first kappa shape index (κ1) is 15.3. The maximum absolute atomic E-state index is 12.1. The van der Waals surface area contributed by atoms with E-state index >= 15 is 0 Å². The average Bonchev–Trinajstić information content (AvgIpc) is 2.38. The van der Waals surface area contributed by atoms with Gasteiger partial charge >= 0.3 is 0 Å². The first-order chi connectivity index (χ1) is 9.01. The highest BCUT2D eigenvalue weighted by Gasteiger charge is 2.17. The first-order valence-electron chi connectivity index (χ1n) is 6.91. The van der Waals surface area contributed by atoms with E-state index in [4.69, 9.17) is 5.73 Å². The van der Waals surface area contributed by atoms with E-state index in [1.165, 1.54) is 0 Å². The summed E-state index contributed by atoms with van der Waals surface area (Å²) in [5.74, 6) is -0.0481. The predicted octanol–water partition coefficient (Wildman–Crippen LogP) is 2.64. The Labute approximate surface area is 116 Å². The van der Waals surface area contributed by atoms with Gasteiger partial charge in [0.05, 0.1) is 11.3 Å². The van der Waals surface area contributed by atoms with Crippen molar-refractivity contribution in [1.82, 2.24) is 5.32 Å². The van der Waals surface area contributed by atoms with Crippen LogP contribution in [0.25, 0.3) is 0 Å². The van der Waals surface area contributed by atoms with Crippen LogP contribution < -0.4 is 16.0 Å². The second-order valence-electron chi connectivity index (χ2n) is 4.88. The largest absolute Gasteiger partial charge is 0.399 e. The highest BCUT2D eigenvalue weighted by atomic mass is 16.1. The monoisotopic (exact) mass is 263 g/mol. The van der Waals surface area contributed by atoms with Crippen LogP contribution in [-0.4, -0.2) is 25.5 Å². The van der Waals surface area contributed by atoms with Crippen molar-refractivity contribution < 1.29 is 4.79 Å². The van der Waals surface area contributed by atoms with Gasteiger partial charge in [-0.25, -0.2) is 0 Å². The lowest BCUT2D eigenvalue weighted by molar-refractivity contribution is 0.0956. The Balaban J connectivity index is 3.09. The third-order valence-corrected chi connectivity index (χ3v) is 3.35. The molecule has 0 heterocycles. The molecule has 1 atom stereocenters. The Bertz CT molecular complexity index is 431. The average molecular weight is 263 g/mol. The van der Waals surface area contributed by atoms with Crippen LogP contribution in [0.3, 0.4) is 0 Å². The molecule has 0 saturated carbocycles. The third kappa shape index (κ3) is 3.88. The summed E-state index contributed by atoms with van der Waals surface area (Å²) in [7, 11) is 2.01. The number of carbonyl (C=O) groups excluding carboxylic acids is 1. The number of nitrogen functional groups attached to an aromatic ring is 1. The molecule has 0 aliphatic carbocycles. The van der Waals surface area contributed by atoms with Gasteiger partial charge in [-0.2, -0.15) is 0 Å². The van der Waals surface area contributed by atoms with Crippen molar-refractivity contribution in [3.63, 3.8) is 0 Å². The van der Waals surface area contributed by atoms with E-state index in [0.29, 0.717) is 23.8 Å². The summed E-state index contributed by atoms with van der Waals surface area (Å²) in [6.07, 6.45) is 2.20. The van der Waals surface area contributed by atoms with Crippen LogP contribution in [0.4, 0.5) is 11.4 Å². The van der Waals surface area contributed by atoms with Gasteiger partial charge in [0.15, 0.2) is 0 Å². The summed E-state index contributed by atoms with van der Waals surface area (Å²) in [6, 6.07) is 5.81. The van der Waals surface area contributed by atoms with E-state index in [-0.39, 0.29) is 5.91 Å². The molecule has 4 nitrogen and oxygen atoms in total. The molecule has 0 aromatic heterocycles. The number of benzene rings is 1. The Kier molecular flexibility index (Phi) is 5.67. The Morgan fingerprint density at radius 2 is 2.11 bits per heavy atom. The van der Waals surface area contributed by atoms with Gasteiger partial charge in [0.1, 0.15) is 0 Å². The van der Waals surface area contributed by atoms with Crippen LogP contribution in [0, 0.1) is 0 Å². The highest BCUT2D eigenvalue weighted by Crippen LogP contribution is 2.25. The number of hydrogen-bond donors (Lipinski definition) is 2. The number of nitrogens with two attached hydrogens (primary N) is 1. The van der Waals surface area contributed by atoms with E-state index < -0.39 is 0 Å². The van der Waals surface area contributed by atoms with Crippen LogP contribution in [0.2, 0.25) is 0 Å². The molecule has 1 unspecified atom stereocenters. The molecule has 1 aromatic rings. The lowest BCUT2D eigenvalue weighted by Gasteiger charge is -2.28. The Hall–Kier alpha value is -1.71. The van der Waals surface area contributed by atoms with Gasteiger partial charge in [-0.3, -0.25) is 4.79 Å². The molecule has 0 spiro atoms. The van der Waals surface area contributed by atoms with E-state index in [0.717, 1.165) is 18.5 Å². The number of nitrogens with zero attached hydrogens (tertiary/aromatic N) is 1. The fourth-order valence-electron chi connectivity index (χ4n) is 2.14. The molecule has 1 aromatic carbocycles. The third-order valence-electron chi connectivity index (χ3n) is 3.35. The SMILES string of the molecule is CCCC(C)N(C)c1cc(N)ccc1C(=O)NCC. The molecule has 3 N–H and O–H groups in total. The normalized spacial score (nSPS) is 12.0. The number of amides is 1. The number of nitrogens with one attached hydrogen (secondary N) is 1. The predicted molar refractivity (Wildman–Crippen MR) is 81.6 cm³/mol. The summed E-state index contributed by atoms with van der Waals surface area (Å²) in [5.41, 5.74) is 8.11. The fourth-order valence-corrected chi connectivity index (χ4v) is 2.14. The second-order valence-corrected chi connectivity index (χ2v) is 4.88. The van der Waals surface area contributed by atoms with Crippen molar-refractivity contribution in [3.8, 4) is 0 Å². The van der Waals surface area contributed by atoms with E-state index in [2.05, 4.69) is 24.1 Å². The van der Waals surface area contributed by atoms with Crippen LogP contribution in [0.15, 0.2) is 18.2 Å². The summed E-state index contributed by atoms with van der Waals surface area (Å²) >= 11 is 0. The van der Waals surface area contributed by atoms with Crippen LogP contribution in [0.1, 0.15) is 44.0 Å². The molecule has 19 heavy (non-hydrogen) atoms. The van der Waals surface area contributed by atoms with Crippen LogP contribution in [0.5, 0.6) is 0 Å². The fraction of sp³-hybridized carbons (Fsp3) is 0.533. The molecule has 0 aliphatic rings. The molecule has 1 rings (SSSR count). The number of carbonyl (C=O) groups is 1. The molecule has 0 saturated heterocycles.